The summed E-state index contributed by atoms with van der Waals surface area (Å²) in [6.07, 6.45) is 0.672. The van der Waals surface area contributed by atoms with Crippen LogP contribution >= 0.6 is 23.2 Å². The van der Waals surface area contributed by atoms with Gasteiger partial charge in [0.05, 0.1) is 0 Å². The van der Waals surface area contributed by atoms with E-state index in [-0.39, 0.29) is 16.1 Å². The number of nitrogens with zero attached hydrogens (tertiary/aromatic N) is 4. The van der Waals surface area contributed by atoms with Crippen molar-refractivity contribution in [3.63, 3.8) is 0 Å². The molecule has 0 N–H and O–H groups in total. The Balaban J connectivity index is 2.49. The Labute approximate surface area is 113 Å². The Hall–Kier alpha value is -1.40. The molecule has 8 heteroatoms. The number of carbonyl (C=O) groups excluding carboxylic acids is 1. The standard InChI is InChI=1S/C10H10Cl2N4O2/c1-10(2,3)18-9(17)16-4-13-5-6(11)14-8(12)15-7(5)16/h4H,1-3H3. The number of rotatable bonds is 0. The van der Waals surface area contributed by atoms with E-state index in [0.29, 0.717) is 5.52 Å². The lowest BCUT2D eigenvalue weighted by atomic mass is 10.2. The number of halogens is 2. The predicted octanol–water partition coefficient (Wildman–Crippen LogP) is 2.92. The first-order valence-corrected chi connectivity index (χ1v) is 5.83. The van der Waals surface area contributed by atoms with Gasteiger partial charge in [-0.05, 0) is 32.4 Å². The number of ether oxygens (including phenoxy) is 1. The van der Waals surface area contributed by atoms with Crippen molar-refractivity contribution in [2.75, 3.05) is 0 Å². The zero-order chi connectivity index (χ0) is 13.5. The molecule has 2 aromatic heterocycles. The molecule has 2 heterocycles. The second-order valence-corrected chi connectivity index (χ2v) is 5.25. The van der Waals surface area contributed by atoms with Crippen molar-refractivity contribution < 1.29 is 9.53 Å². The fraction of sp³-hybridized carbons (Fsp3) is 0.400. The molecule has 96 valence electrons. The molecule has 0 fully saturated rings. The summed E-state index contributed by atoms with van der Waals surface area (Å²) in [7, 11) is 0. The minimum Gasteiger partial charge on any atom is -0.443 e. The van der Waals surface area contributed by atoms with Crippen LogP contribution < -0.4 is 0 Å². The van der Waals surface area contributed by atoms with Crippen molar-refractivity contribution in [3.8, 4) is 0 Å². The van der Waals surface area contributed by atoms with Gasteiger partial charge in [-0.2, -0.15) is 4.98 Å². The second-order valence-electron chi connectivity index (χ2n) is 4.55. The molecule has 0 amide bonds. The van der Waals surface area contributed by atoms with Crippen molar-refractivity contribution >= 4 is 40.5 Å². The zero-order valence-electron chi connectivity index (χ0n) is 9.94. The molecule has 2 rings (SSSR count). The normalized spacial score (nSPS) is 11.8. The van der Waals surface area contributed by atoms with E-state index in [0.717, 1.165) is 4.57 Å². The summed E-state index contributed by atoms with van der Waals surface area (Å²) >= 11 is 11.5. The molecule has 0 unspecified atom stereocenters. The average Bonchev–Trinajstić information content (AvgIpc) is 2.58. The van der Waals surface area contributed by atoms with Gasteiger partial charge in [-0.3, -0.25) is 0 Å². The van der Waals surface area contributed by atoms with Crippen molar-refractivity contribution in [1.82, 2.24) is 19.5 Å². The predicted molar refractivity (Wildman–Crippen MR) is 67.0 cm³/mol. The highest BCUT2D eigenvalue weighted by Gasteiger charge is 2.21. The summed E-state index contributed by atoms with van der Waals surface area (Å²) in [4.78, 5) is 23.5. The SMILES string of the molecule is CC(C)(C)OC(=O)n1cnc2c(Cl)nc(Cl)nc21. The number of hydrogen-bond donors (Lipinski definition) is 0. The molecular formula is C10H10Cl2N4O2. The Morgan fingerprint density at radius 3 is 2.61 bits per heavy atom. The van der Waals surface area contributed by atoms with Crippen LogP contribution in [0.3, 0.4) is 0 Å². The van der Waals surface area contributed by atoms with E-state index in [1.807, 2.05) is 0 Å². The third kappa shape index (κ3) is 2.54. The first kappa shape index (κ1) is 13.0. The van der Waals surface area contributed by atoms with Gasteiger partial charge in [-0.1, -0.05) is 11.6 Å². The number of carbonyl (C=O) groups is 1. The third-order valence-electron chi connectivity index (χ3n) is 1.92. The first-order chi connectivity index (χ1) is 8.28. The summed E-state index contributed by atoms with van der Waals surface area (Å²) in [6, 6.07) is 0. The molecule has 0 aliphatic heterocycles. The Morgan fingerprint density at radius 1 is 1.33 bits per heavy atom. The van der Waals surface area contributed by atoms with Gasteiger partial charge in [0, 0.05) is 0 Å². The first-order valence-electron chi connectivity index (χ1n) is 5.07. The summed E-state index contributed by atoms with van der Waals surface area (Å²) in [5, 5.41) is 0.0325. The summed E-state index contributed by atoms with van der Waals surface area (Å²) in [5.41, 5.74) is -0.102. The Kier molecular flexibility index (Phi) is 3.16. The van der Waals surface area contributed by atoms with E-state index >= 15 is 0 Å². The van der Waals surface area contributed by atoms with Gasteiger partial charge in [-0.25, -0.2) is 19.3 Å². The lowest BCUT2D eigenvalue weighted by molar-refractivity contribution is 0.0543. The fourth-order valence-corrected chi connectivity index (χ4v) is 1.71. The number of imidazole rings is 1. The molecule has 0 aromatic carbocycles. The molecule has 18 heavy (non-hydrogen) atoms. The van der Waals surface area contributed by atoms with Crippen LogP contribution in [-0.4, -0.2) is 31.2 Å². The van der Waals surface area contributed by atoms with Crippen LogP contribution in [0.4, 0.5) is 4.79 Å². The maximum Gasteiger partial charge on any atom is 0.421 e. The highest BCUT2D eigenvalue weighted by Crippen LogP contribution is 2.21. The monoisotopic (exact) mass is 288 g/mol. The largest absolute Gasteiger partial charge is 0.443 e. The minimum atomic E-state index is -0.617. The number of aromatic nitrogens is 4. The molecule has 0 radical (unpaired) electrons. The van der Waals surface area contributed by atoms with Crippen LogP contribution in [0.1, 0.15) is 20.8 Å². The van der Waals surface area contributed by atoms with Gasteiger partial charge < -0.3 is 4.74 Å². The molecule has 6 nitrogen and oxygen atoms in total. The van der Waals surface area contributed by atoms with Crippen LogP contribution in [0, 0.1) is 0 Å². The molecule has 0 atom stereocenters. The van der Waals surface area contributed by atoms with Gasteiger partial charge in [0.15, 0.2) is 10.8 Å². The minimum absolute atomic E-state index is 0.0576. The molecular weight excluding hydrogens is 279 g/mol. The smallest absolute Gasteiger partial charge is 0.421 e. The quantitative estimate of drug-likeness (QED) is 0.551. The van der Waals surface area contributed by atoms with Gasteiger partial charge in [0.1, 0.15) is 17.4 Å². The van der Waals surface area contributed by atoms with Gasteiger partial charge >= 0.3 is 6.09 Å². The van der Waals surface area contributed by atoms with Crippen LogP contribution in [0.15, 0.2) is 6.33 Å². The summed E-state index contributed by atoms with van der Waals surface area (Å²) in [6.45, 7) is 5.29. The van der Waals surface area contributed by atoms with E-state index in [4.69, 9.17) is 27.9 Å². The van der Waals surface area contributed by atoms with E-state index in [2.05, 4.69) is 15.0 Å². The average molecular weight is 289 g/mol. The summed E-state index contributed by atoms with van der Waals surface area (Å²) in [5.74, 6) is 0. The lowest BCUT2D eigenvalue weighted by Crippen LogP contribution is -2.26. The topological polar surface area (TPSA) is 69.9 Å². The molecule has 2 aromatic rings. The third-order valence-corrected chi connectivity index (χ3v) is 2.35. The van der Waals surface area contributed by atoms with E-state index in [1.54, 1.807) is 20.8 Å². The van der Waals surface area contributed by atoms with Crippen molar-refractivity contribution in [2.24, 2.45) is 0 Å². The van der Waals surface area contributed by atoms with Crippen molar-refractivity contribution in [3.05, 3.63) is 16.8 Å². The van der Waals surface area contributed by atoms with Crippen LogP contribution in [0.2, 0.25) is 10.4 Å². The highest BCUT2D eigenvalue weighted by molar-refractivity contribution is 6.35. The lowest BCUT2D eigenvalue weighted by Gasteiger charge is -2.19. The van der Waals surface area contributed by atoms with Crippen LogP contribution in [-0.2, 0) is 4.74 Å². The number of hydrogen-bond acceptors (Lipinski definition) is 5. The molecule has 0 aliphatic rings. The van der Waals surface area contributed by atoms with E-state index < -0.39 is 11.7 Å². The molecule has 0 spiro atoms. The fourth-order valence-electron chi connectivity index (χ4n) is 1.29. The maximum absolute atomic E-state index is 11.9. The van der Waals surface area contributed by atoms with Crippen LogP contribution in [0.5, 0.6) is 0 Å². The molecule has 0 saturated carbocycles. The van der Waals surface area contributed by atoms with Gasteiger partial charge in [0.2, 0.25) is 5.28 Å². The van der Waals surface area contributed by atoms with E-state index in [1.165, 1.54) is 6.33 Å². The highest BCUT2D eigenvalue weighted by atomic mass is 35.5. The van der Waals surface area contributed by atoms with Crippen molar-refractivity contribution in [2.45, 2.75) is 26.4 Å². The van der Waals surface area contributed by atoms with Crippen molar-refractivity contribution in [1.29, 1.82) is 0 Å². The Bertz CT molecular complexity index is 618. The van der Waals surface area contributed by atoms with Crippen LogP contribution in [0.25, 0.3) is 11.2 Å². The molecule has 0 saturated heterocycles. The second kappa shape index (κ2) is 4.37. The zero-order valence-corrected chi connectivity index (χ0v) is 11.5. The number of fused-ring (bicyclic) bond motifs is 1. The van der Waals surface area contributed by atoms with Gasteiger partial charge in [0.25, 0.3) is 0 Å². The van der Waals surface area contributed by atoms with Gasteiger partial charge in [-0.15, -0.1) is 0 Å². The van der Waals surface area contributed by atoms with E-state index in [9.17, 15) is 4.79 Å². The Morgan fingerprint density at radius 2 is 2.00 bits per heavy atom. The molecule has 0 aliphatic carbocycles. The molecule has 0 bridgehead atoms. The maximum atomic E-state index is 11.9. The summed E-state index contributed by atoms with van der Waals surface area (Å²) < 4.78 is 6.35.